The summed E-state index contributed by atoms with van der Waals surface area (Å²) < 4.78 is 66.8. The highest BCUT2D eigenvalue weighted by molar-refractivity contribution is 5.85. The summed E-state index contributed by atoms with van der Waals surface area (Å²) in [6.07, 6.45) is 12.8. The number of likely N-dealkylation sites (tertiary alicyclic amines) is 1. The molecule has 0 aromatic carbocycles. The number of ketones is 3. The molecular weight excluding hydrogens is 1710 g/mol. The van der Waals surface area contributed by atoms with Crippen LogP contribution in [-0.2, 0) is 100.0 Å². The molecule has 16 unspecified atom stereocenters. The number of hydrogen-bond acceptors (Lipinski definition) is 31. The van der Waals surface area contributed by atoms with Crippen molar-refractivity contribution >= 4 is 59.0 Å². The smallest absolute Gasteiger partial charge is 0.407 e. The average molecular weight is 1880 g/mol. The first-order valence-electron chi connectivity index (χ1n) is 48.7. The van der Waals surface area contributed by atoms with Crippen molar-refractivity contribution in [3.05, 3.63) is 0 Å². The second-order valence-electron chi connectivity index (χ2n) is 35.6. The summed E-state index contributed by atoms with van der Waals surface area (Å²) in [5.74, 6) is -2.21. The predicted octanol–water partition coefficient (Wildman–Crippen LogP) is 6.24. The third-order valence-electron chi connectivity index (χ3n) is 24.8. The molecule has 4 aliphatic rings. The Bertz CT molecular complexity index is 3050. The van der Waals surface area contributed by atoms with Crippen LogP contribution in [0.25, 0.3) is 0 Å². The number of amides is 5. The fourth-order valence-electron chi connectivity index (χ4n) is 16.3. The molecule has 0 radical (unpaired) electrons. The van der Waals surface area contributed by atoms with Crippen LogP contribution in [0.4, 0.5) is 4.79 Å². The molecule has 0 aliphatic carbocycles. The third-order valence-corrected chi connectivity index (χ3v) is 24.8. The number of aliphatic hydroxyl groups excluding tert-OH is 9. The lowest BCUT2D eigenvalue weighted by molar-refractivity contribution is -0.282. The van der Waals surface area contributed by atoms with Gasteiger partial charge in [-0.25, -0.2) is 4.79 Å². The number of hydrogen-bond donors (Lipinski definition) is 13. The van der Waals surface area contributed by atoms with Gasteiger partial charge in [0.15, 0.2) is 18.4 Å². The minimum Gasteiger partial charge on any atom is -0.466 e. The Morgan fingerprint density at radius 1 is 0.397 bits per heavy atom. The maximum absolute atomic E-state index is 14.2. The van der Waals surface area contributed by atoms with Gasteiger partial charge >= 0.3 is 18.0 Å². The van der Waals surface area contributed by atoms with E-state index in [2.05, 4.69) is 28.2 Å². The van der Waals surface area contributed by atoms with Gasteiger partial charge in [0.1, 0.15) is 54.8 Å². The zero-order valence-electron chi connectivity index (χ0n) is 80.0. The summed E-state index contributed by atoms with van der Waals surface area (Å²) in [6.45, 7) is 11.8. The Balaban J connectivity index is 0.00000411. The first kappa shape index (κ1) is 121. The van der Waals surface area contributed by atoms with Crippen molar-refractivity contribution < 1.29 is 156 Å². The van der Waals surface area contributed by atoms with Gasteiger partial charge in [-0.15, -0.1) is 0 Å². The molecule has 4 aliphatic heterocycles. The number of carbonyl (C=O) groups excluding carboxylic acids is 10. The van der Waals surface area contributed by atoms with E-state index in [0.717, 1.165) is 103 Å². The lowest BCUT2D eigenvalue weighted by Crippen LogP contribution is -2.55. The average Bonchev–Trinajstić information content (AvgIpc) is 1.48. The van der Waals surface area contributed by atoms with Crippen LogP contribution in [0.5, 0.6) is 0 Å². The van der Waals surface area contributed by atoms with Gasteiger partial charge in [0.2, 0.25) is 23.6 Å². The van der Waals surface area contributed by atoms with Crippen molar-refractivity contribution in [2.45, 2.75) is 384 Å². The fourth-order valence-corrected chi connectivity index (χ4v) is 16.3. The van der Waals surface area contributed by atoms with E-state index in [1.807, 2.05) is 18.7 Å². The Morgan fingerprint density at radius 2 is 0.832 bits per heavy atom. The summed E-state index contributed by atoms with van der Waals surface area (Å²) in [6, 6.07) is -0.0247. The highest BCUT2D eigenvalue weighted by Crippen LogP contribution is 2.41. The molecule has 15 N–H and O–H groups in total. The van der Waals surface area contributed by atoms with Gasteiger partial charge in [0, 0.05) is 135 Å². The molecule has 0 spiro atoms. The van der Waals surface area contributed by atoms with E-state index in [1.165, 1.54) is 0 Å². The first-order chi connectivity index (χ1) is 62.6. The molecular formula is C94H171N5O32. The molecule has 4 saturated heterocycles. The van der Waals surface area contributed by atoms with Crippen LogP contribution in [0.15, 0.2) is 0 Å². The maximum Gasteiger partial charge on any atom is 0.407 e. The lowest BCUT2D eigenvalue weighted by atomic mass is 9.71. The number of rotatable bonds is 75. The van der Waals surface area contributed by atoms with E-state index in [-0.39, 0.29) is 201 Å². The third kappa shape index (κ3) is 53.6. The van der Waals surface area contributed by atoms with Gasteiger partial charge in [-0.1, -0.05) is 91.9 Å². The topological polar surface area (TPSA) is 546 Å². The minimum absolute atomic E-state index is 0. The molecule has 0 aromatic heterocycles. The van der Waals surface area contributed by atoms with Crippen molar-refractivity contribution in [2.75, 3.05) is 133 Å². The van der Waals surface area contributed by atoms with Crippen molar-refractivity contribution in [2.24, 2.45) is 23.2 Å². The molecule has 764 valence electrons. The largest absolute Gasteiger partial charge is 0.466 e. The Hall–Kier alpha value is -5.66. The zero-order chi connectivity index (χ0) is 95.7. The maximum atomic E-state index is 14.2. The molecule has 0 aromatic rings. The van der Waals surface area contributed by atoms with E-state index >= 15 is 0 Å². The molecule has 5 amide bonds. The molecule has 4 rings (SSSR count). The molecule has 4 fully saturated rings. The van der Waals surface area contributed by atoms with E-state index in [0.29, 0.717) is 148 Å². The molecule has 37 heteroatoms. The standard InChI is InChI=1S/C86H153N5O27.C8H16O4.H2O/c1-6-7-32-67(94)33-17-11-8-16-26-47-90-85(107)116-50-28-23-43-86(44-31-53-113-78(102)39-19-13-10-15-25-46-88-74(98)36-30-52-115-84-65(3)80(104)82(106)72(61-93)118-84,42-22-27-49-112-77(101)38-18-12-9-14-24-45-87-73(97)35-29-51-114-83-64(2)79(103)81(105)71(60-92)117-83)58-68(95)40-41-75(99)89-48-54-110-55-56-111-63-69(96)34-20-21-37-76(100)91-59-70(109-5)57-66(91)62-108-4;1-4-5(2)12-6(3-9)8(11)7(4)10;/h64-66,70-72,79-84,92-93,103-106H,6-63H2,1-5H3,(H,87,97)(H,88,98)(H,89,99)(H,90,107);4-11H,3H2,1-2H3;1H2/t64?,65?,66-,70+,71?,72?,79?,80?,81?,82?,83?,84?,86?;;/m1../s1. The van der Waals surface area contributed by atoms with E-state index in [4.69, 9.17) is 61.9 Å². The SMILES string of the molecule is CC1OC(CO)C(O)C(O)C1C.CCCCC(=O)CCCCCCCNC(=O)OCCCCC(CCCCOC(=O)CCCCCCCNC(=O)CCCOC1OC(CO)C(O)C(O)C1C)(CCCOC(=O)CCCCCCCNC(=O)CCCOC1OC(CO)C(O)C(O)C1C)CC(=O)CCC(=O)NCCOCCOCC(=O)CCCCC(=O)N1C[C@@H](OC)C[C@@H]1COC.O. The number of methoxy groups -OCH3 is 2. The van der Waals surface area contributed by atoms with Crippen molar-refractivity contribution in [3.63, 3.8) is 0 Å². The number of aliphatic hydroxyl groups is 9. The van der Waals surface area contributed by atoms with Crippen molar-refractivity contribution in [1.29, 1.82) is 0 Å². The van der Waals surface area contributed by atoms with Gasteiger partial charge in [-0.3, -0.25) is 43.2 Å². The Morgan fingerprint density at radius 3 is 1.36 bits per heavy atom. The minimum atomic E-state index is -1.22. The number of nitrogens with zero attached hydrogens (tertiary/aromatic N) is 1. The summed E-state index contributed by atoms with van der Waals surface area (Å²) in [7, 11) is 3.25. The lowest BCUT2D eigenvalue weighted by Gasteiger charge is -2.40. The van der Waals surface area contributed by atoms with Gasteiger partial charge in [-0.05, 0) is 141 Å². The number of ether oxygens (including phenoxy) is 12. The van der Waals surface area contributed by atoms with E-state index in [1.54, 1.807) is 28.1 Å². The van der Waals surface area contributed by atoms with E-state index < -0.39 is 104 Å². The van der Waals surface area contributed by atoms with Crippen LogP contribution in [0.3, 0.4) is 0 Å². The van der Waals surface area contributed by atoms with Crippen LogP contribution in [-0.4, -0.2) is 334 Å². The number of carbonyl (C=O) groups is 10. The van der Waals surface area contributed by atoms with Crippen molar-refractivity contribution in [1.82, 2.24) is 26.2 Å². The number of nitrogens with one attached hydrogen (secondary N) is 4. The molecule has 131 heavy (non-hydrogen) atoms. The molecule has 18 atom stereocenters. The first-order valence-corrected chi connectivity index (χ1v) is 48.7. The number of Topliss-reactive ketones (excluding diaryl/α,β-unsaturated/α-hetero) is 3. The summed E-state index contributed by atoms with van der Waals surface area (Å²) >= 11 is 0. The van der Waals surface area contributed by atoms with Gasteiger partial charge in [0.05, 0.1) is 116 Å². The predicted molar refractivity (Wildman–Crippen MR) is 484 cm³/mol. The monoisotopic (exact) mass is 1880 g/mol. The summed E-state index contributed by atoms with van der Waals surface area (Å²) in [5, 5.41) is 98.8. The Labute approximate surface area is 777 Å². The quantitative estimate of drug-likeness (QED) is 0.0182. The van der Waals surface area contributed by atoms with Gasteiger partial charge in [0.25, 0.3) is 0 Å². The fraction of sp³-hybridized carbons (Fsp3) is 0.894. The van der Waals surface area contributed by atoms with Crippen LogP contribution in [0, 0.1) is 23.2 Å². The zero-order valence-corrected chi connectivity index (χ0v) is 80.0. The van der Waals surface area contributed by atoms with Crippen LogP contribution < -0.4 is 21.3 Å². The van der Waals surface area contributed by atoms with Gasteiger partial charge in [-0.2, -0.15) is 0 Å². The molecule has 4 heterocycles. The molecule has 0 bridgehead atoms. The molecule has 0 saturated carbocycles. The molecule has 37 nitrogen and oxygen atoms in total. The van der Waals surface area contributed by atoms with E-state index in [9.17, 15) is 88.8 Å². The normalized spacial score (nSPS) is 24.0. The highest BCUT2D eigenvalue weighted by atomic mass is 16.7. The van der Waals surface area contributed by atoms with Gasteiger partial charge < -0.3 is 134 Å². The number of esters is 2. The van der Waals surface area contributed by atoms with Crippen LogP contribution >= 0.6 is 0 Å². The summed E-state index contributed by atoms with van der Waals surface area (Å²) in [4.78, 5) is 130. The Kier molecular flexibility index (Phi) is 69.0. The van der Waals surface area contributed by atoms with Crippen molar-refractivity contribution in [3.8, 4) is 0 Å². The number of alkyl carbamates (subject to hydrolysis) is 1. The highest BCUT2D eigenvalue weighted by Gasteiger charge is 2.45. The second-order valence-corrected chi connectivity index (χ2v) is 35.6. The summed E-state index contributed by atoms with van der Waals surface area (Å²) in [5.41, 5.74) is -0.613. The second kappa shape index (κ2) is 74.5. The number of unbranched alkanes of at least 4 members (excludes halogenated alkanes) is 16. The van der Waals surface area contributed by atoms with Crippen LogP contribution in [0.2, 0.25) is 0 Å². The van der Waals surface area contributed by atoms with Crippen LogP contribution in [0.1, 0.15) is 298 Å².